The van der Waals surface area contributed by atoms with Crippen LogP contribution in [0, 0.1) is 0 Å². The highest BCUT2D eigenvalue weighted by Gasteiger charge is 2.06. The van der Waals surface area contributed by atoms with E-state index in [0.29, 0.717) is 23.7 Å². The molecule has 0 heterocycles. The molecule has 0 saturated heterocycles. The average molecular weight is 230 g/mol. The van der Waals surface area contributed by atoms with E-state index < -0.39 is 5.97 Å². The van der Waals surface area contributed by atoms with Gasteiger partial charge in [-0.25, -0.2) is 4.79 Å². The van der Waals surface area contributed by atoms with Crippen molar-refractivity contribution >= 4 is 17.6 Å². The fraction of sp³-hybridized carbons (Fsp3) is 0.300. The van der Waals surface area contributed by atoms with Gasteiger partial charge in [-0.15, -0.1) is 0 Å². The van der Waals surface area contributed by atoms with Crippen molar-refractivity contribution in [1.29, 1.82) is 0 Å². The van der Waals surface area contributed by atoms with Crippen molar-refractivity contribution in [1.82, 2.24) is 5.48 Å². The Kier molecular flexibility index (Phi) is 4.55. The topological polar surface area (TPSA) is 58.6 Å². The Balaban J connectivity index is 2.76. The van der Waals surface area contributed by atoms with Gasteiger partial charge in [0.1, 0.15) is 0 Å². The Labute approximate surface area is 92.8 Å². The van der Waals surface area contributed by atoms with E-state index in [0.717, 1.165) is 0 Å². The van der Waals surface area contributed by atoms with Crippen LogP contribution in [0.5, 0.6) is 0 Å². The smallest absolute Gasteiger partial charge is 0.335 e. The van der Waals surface area contributed by atoms with Gasteiger partial charge < -0.3 is 9.94 Å². The average Bonchev–Trinajstić information content (AvgIpc) is 2.20. The summed E-state index contributed by atoms with van der Waals surface area (Å²) in [7, 11) is 0. The summed E-state index contributed by atoms with van der Waals surface area (Å²) in [6, 6.07) is 4.56. The molecule has 4 nitrogen and oxygen atoms in total. The summed E-state index contributed by atoms with van der Waals surface area (Å²) in [6.07, 6.45) is 0. The summed E-state index contributed by atoms with van der Waals surface area (Å²) in [4.78, 5) is 15.6. The van der Waals surface area contributed by atoms with Crippen molar-refractivity contribution in [2.75, 3.05) is 6.61 Å². The Hall–Kier alpha value is -1.10. The molecule has 0 amide bonds. The van der Waals surface area contributed by atoms with E-state index >= 15 is 0 Å². The first-order chi connectivity index (χ1) is 7.15. The Bertz CT molecular complexity index is 355. The quantitative estimate of drug-likeness (QED) is 0.600. The monoisotopic (exact) mass is 229 g/mol. The van der Waals surface area contributed by atoms with Gasteiger partial charge in [0.15, 0.2) is 0 Å². The molecule has 2 N–H and O–H groups in total. The zero-order valence-electron chi connectivity index (χ0n) is 8.29. The summed E-state index contributed by atoms with van der Waals surface area (Å²) in [5.74, 6) is -0.968. The Morgan fingerprint density at radius 1 is 1.60 bits per heavy atom. The van der Waals surface area contributed by atoms with Gasteiger partial charge in [-0.3, -0.25) is 0 Å². The summed E-state index contributed by atoms with van der Waals surface area (Å²) >= 11 is 5.89. The van der Waals surface area contributed by atoms with E-state index in [1.807, 2.05) is 6.92 Å². The first kappa shape index (κ1) is 12.0. The van der Waals surface area contributed by atoms with E-state index in [9.17, 15) is 4.79 Å². The van der Waals surface area contributed by atoms with Crippen LogP contribution in [0.3, 0.4) is 0 Å². The third-order valence-corrected chi connectivity index (χ3v) is 2.17. The van der Waals surface area contributed by atoms with Crippen molar-refractivity contribution in [3.8, 4) is 0 Å². The first-order valence-electron chi connectivity index (χ1n) is 4.51. The SMILES string of the molecule is CCONCc1cc(C(=O)O)ccc1Cl. The number of nitrogens with one attached hydrogen (secondary N) is 1. The molecule has 15 heavy (non-hydrogen) atoms. The van der Waals surface area contributed by atoms with Crippen LogP contribution in [0.4, 0.5) is 0 Å². The van der Waals surface area contributed by atoms with Crippen LogP contribution in [-0.2, 0) is 11.4 Å². The van der Waals surface area contributed by atoms with Gasteiger partial charge in [0.05, 0.1) is 12.2 Å². The summed E-state index contributed by atoms with van der Waals surface area (Å²) < 4.78 is 0. The number of hydroxylamine groups is 1. The van der Waals surface area contributed by atoms with Gasteiger partial charge in [-0.05, 0) is 30.7 Å². The molecule has 0 spiro atoms. The Morgan fingerprint density at radius 3 is 2.93 bits per heavy atom. The zero-order valence-corrected chi connectivity index (χ0v) is 9.04. The number of aromatic carboxylic acids is 1. The van der Waals surface area contributed by atoms with Crippen LogP contribution >= 0.6 is 11.6 Å². The number of carboxylic acid groups (broad SMARTS) is 1. The third kappa shape index (κ3) is 3.51. The zero-order chi connectivity index (χ0) is 11.3. The molecule has 0 aliphatic carbocycles. The lowest BCUT2D eigenvalue weighted by atomic mass is 10.1. The second-order valence-electron chi connectivity index (χ2n) is 2.87. The molecule has 0 saturated carbocycles. The molecule has 1 aromatic carbocycles. The van der Waals surface area contributed by atoms with Gasteiger partial charge in [0, 0.05) is 11.6 Å². The number of rotatable bonds is 5. The lowest BCUT2D eigenvalue weighted by Crippen LogP contribution is -2.14. The summed E-state index contributed by atoms with van der Waals surface area (Å²) in [5.41, 5.74) is 3.60. The van der Waals surface area contributed by atoms with Crippen LogP contribution in [0.2, 0.25) is 5.02 Å². The molecule has 0 unspecified atom stereocenters. The van der Waals surface area contributed by atoms with Gasteiger partial charge in [-0.1, -0.05) is 11.6 Å². The predicted molar refractivity (Wildman–Crippen MR) is 56.9 cm³/mol. The molecule has 1 rings (SSSR count). The molecule has 0 aliphatic heterocycles. The molecular weight excluding hydrogens is 218 g/mol. The molecule has 0 aliphatic rings. The maximum absolute atomic E-state index is 10.7. The molecule has 0 aromatic heterocycles. The van der Waals surface area contributed by atoms with Crippen molar-refractivity contribution in [2.45, 2.75) is 13.5 Å². The van der Waals surface area contributed by atoms with Crippen molar-refractivity contribution < 1.29 is 14.7 Å². The summed E-state index contributed by atoms with van der Waals surface area (Å²) in [6.45, 7) is 2.77. The molecule has 1 aromatic rings. The van der Waals surface area contributed by atoms with Crippen LogP contribution in [-0.4, -0.2) is 17.7 Å². The fourth-order valence-electron chi connectivity index (χ4n) is 1.07. The van der Waals surface area contributed by atoms with Gasteiger partial charge in [0.25, 0.3) is 0 Å². The maximum atomic E-state index is 10.7. The minimum absolute atomic E-state index is 0.215. The highest BCUT2D eigenvalue weighted by Crippen LogP contribution is 2.17. The number of carboxylic acids is 1. The maximum Gasteiger partial charge on any atom is 0.335 e. The van der Waals surface area contributed by atoms with E-state index in [-0.39, 0.29) is 5.56 Å². The molecule has 0 atom stereocenters. The van der Waals surface area contributed by atoms with Crippen LogP contribution in [0.25, 0.3) is 0 Å². The second-order valence-corrected chi connectivity index (χ2v) is 3.27. The predicted octanol–water partition coefficient (Wildman–Crippen LogP) is 2.08. The van der Waals surface area contributed by atoms with Crippen molar-refractivity contribution in [2.24, 2.45) is 0 Å². The van der Waals surface area contributed by atoms with Crippen LogP contribution in [0.15, 0.2) is 18.2 Å². The highest BCUT2D eigenvalue weighted by atomic mass is 35.5. The normalized spacial score (nSPS) is 10.3. The summed E-state index contributed by atoms with van der Waals surface area (Å²) in [5, 5.41) is 9.30. The fourth-order valence-corrected chi connectivity index (χ4v) is 1.26. The van der Waals surface area contributed by atoms with Crippen molar-refractivity contribution in [3.05, 3.63) is 34.3 Å². The van der Waals surface area contributed by atoms with E-state index in [1.165, 1.54) is 12.1 Å². The van der Waals surface area contributed by atoms with E-state index in [4.69, 9.17) is 21.5 Å². The lowest BCUT2D eigenvalue weighted by molar-refractivity contribution is 0.0463. The van der Waals surface area contributed by atoms with Gasteiger partial charge in [0.2, 0.25) is 0 Å². The number of hydrogen-bond acceptors (Lipinski definition) is 3. The molecule has 0 fully saturated rings. The Morgan fingerprint density at radius 2 is 2.33 bits per heavy atom. The minimum Gasteiger partial charge on any atom is -0.478 e. The molecule has 0 radical (unpaired) electrons. The highest BCUT2D eigenvalue weighted by molar-refractivity contribution is 6.31. The largest absolute Gasteiger partial charge is 0.478 e. The second kappa shape index (κ2) is 5.70. The first-order valence-corrected chi connectivity index (χ1v) is 4.89. The van der Waals surface area contributed by atoms with Crippen molar-refractivity contribution in [3.63, 3.8) is 0 Å². The molecule has 0 bridgehead atoms. The molecule has 5 heteroatoms. The standard InChI is InChI=1S/C10H12ClNO3/c1-2-15-12-6-8-5-7(10(13)14)3-4-9(8)11/h3-5,12H,2,6H2,1H3,(H,13,14). The van der Waals surface area contributed by atoms with E-state index in [1.54, 1.807) is 6.07 Å². The molecule has 82 valence electrons. The number of carbonyl (C=O) groups is 1. The number of hydrogen-bond donors (Lipinski definition) is 2. The van der Waals surface area contributed by atoms with Crippen LogP contribution < -0.4 is 5.48 Å². The third-order valence-electron chi connectivity index (χ3n) is 1.80. The van der Waals surface area contributed by atoms with Gasteiger partial charge >= 0.3 is 5.97 Å². The van der Waals surface area contributed by atoms with Crippen LogP contribution in [0.1, 0.15) is 22.8 Å². The minimum atomic E-state index is -0.968. The van der Waals surface area contributed by atoms with E-state index in [2.05, 4.69) is 5.48 Å². The van der Waals surface area contributed by atoms with Gasteiger partial charge in [-0.2, -0.15) is 5.48 Å². The number of benzene rings is 1. The number of halogens is 1. The molecular formula is C10H12ClNO3. The lowest BCUT2D eigenvalue weighted by Gasteiger charge is -2.06.